The lowest BCUT2D eigenvalue weighted by atomic mass is 10.1. The van der Waals surface area contributed by atoms with E-state index < -0.39 is 22.1 Å². The monoisotopic (exact) mass is 388 g/mol. The van der Waals surface area contributed by atoms with Gasteiger partial charge < -0.3 is 19.8 Å². The molecule has 2 aromatic carbocycles. The van der Waals surface area contributed by atoms with Gasteiger partial charge >= 0.3 is 16.1 Å². The maximum absolute atomic E-state index is 12.7. The molecule has 0 saturated heterocycles. The molecule has 0 radical (unpaired) electrons. The molecule has 0 aliphatic heterocycles. The normalized spacial score (nSPS) is 12.7. The molecule has 3 rings (SSSR count). The van der Waals surface area contributed by atoms with Crippen molar-refractivity contribution in [3.8, 4) is 0 Å². The van der Waals surface area contributed by atoms with Crippen LogP contribution in [0.3, 0.4) is 0 Å². The van der Waals surface area contributed by atoms with Gasteiger partial charge in [-0.2, -0.15) is 8.42 Å². The zero-order chi connectivity index (χ0) is 19.6. The van der Waals surface area contributed by atoms with Gasteiger partial charge in [-0.05, 0) is 12.1 Å². The van der Waals surface area contributed by atoms with E-state index >= 15 is 0 Å². The maximum Gasteiger partial charge on any atom is 0.342 e. The lowest BCUT2D eigenvalue weighted by Gasteiger charge is -2.17. The summed E-state index contributed by atoms with van der Waals surface area (Å²) in [5.74, 6) is -1.02. The summed E-state index contributed by atoms with van der Waals surface area (Å²) in [7, 11) is -0.595. The van der Waals surface area contributed by atoms with Crippen molar-refractivity contribution in [3.63, 3.8) is 0 Å². The highest BCUT2D eigenvalue weighted by Gasteiger charge is 2.27. The summed E-state index contributed by atoms with van der Waals surface area (Å²) in [6.07, 6.45) is 3.05. The van der Waals surface area contributed by atoms with Gasteiger partial charge in [0.2, 0.25) is 0 Å². The van der Waals surface area contributed by atoms with Crippen molar-refractivity contribution in [3.05, 3.63) is 54.6 Å². The smallest absolute Gasteiger partial charge is 0.342 e. The third-order valence-corrected chi connectivity index (χ3v) is 5.38. The molecule has 1 atom stereocenters. The van der Waals surface area contributed by atoms with Crippen LogP contribution in [-0.2, 0) is 25.5 Å². The van der Waals surface area contributed by atoms with E-state index in [1.807, 2.05) is 31.1 Å². The van der Waals surface area contributed by atoms with Gasteiger partial charge in [-0.3, -0.25) is 0 Å². The van der Waals surface area contributed by atoms with E-state index in [0.29, 0.717) is 11.1 Å². The fraction of sp³-hybridized carbons (Fsp3) is 0.222. The number of fused-ring (bicyclic) bond motifs is 1. The number of hydrogen-bond donors (Lipinski definition) is 2. The van der Waals surface area contributed by atoms with Gasteiger partial charge in [0.15, 0.2) is 0 Å². The quantitative estimate of drug-likeness (QED) is 0.613. The molecule has 0 amide bonds. The summed E-state index contributed by atoms with van der Waals surface area (Å²) in [6, 6.07) is 9.01. The molecule has 142 valence electrons. The lowest BCUT2D eigenvalue weighted by Crippen LogP contribution is -2.35. The van der Waals surface area contributed by atoms with Crippen LogP contribution < -0.4 is 10.6 Å². The third kappa shape index (κ3) is 3.93. The number of aromatic amines is 1. The van der Waals surface area contributed by atoms with Crippen LogP contribution in [0.15, 0.2) is 53.8 Å². The van der Waals surface area contributed by atoms with Crippen molar-refractivity contribution in [2.24, 2.45) is 5.73 Å². The molecule has 3 aromatic rings. The van der Waals surface area contributed by atoms with Gasteiger partial charge in [-0.1, -0.05) is 24.3 Å². The second kappa shape index (κ2) is 7.37. The number of carbonyl (C=O) groups excluding carboxylic acids is 1. The van der Waals surface area contributed by atoms with Crippen LogP contribution in [0.2, 0.25) is 0 Å². The molecular formula is C18H20N4O4S. The van der Waals surface area contributed by atoms with Crippen molar-refractivity contribution in [1.82, 2.24) is 9.97 Å². The Kier molecular flexibility index (Phi) is 5.15. The number of anilines is 1. The van der Waals surface area contributed by atoms with Crippen LogP contribution in [0.5, 0.6) is 0 Å². The fourth-order valence-corrected chi connectivity index (χ4v) is 3.93. The number of benzene rings is 2. The lowest BCUT2D eigenvalue weighted by molar-refractivity contribution is -0.135. The average Bonchev–Trinajstić information content (AvgIpc) is 3.13. The van der Waals surface area contributed by atoms with Gasteiger partial charge in [0.25, 0.3) is 0 Å². The van der Waals surface area contributed by atoms with Gasteiger partial charge in [-0.25, -0.2) is 9.78 Å². The van der Waals surface area contributed by atoms with E-state index in [0.717, 1.165) is 11.1 Å². The number of aromatic nitrogens is 2. The third-order valence-electron chi connectivity index (χ3n) is 4.10. The van der Waals surface area contributed by atoms with E-state index in [-0.39, 0.29) is 11.3 Å². The van der Waals surface area contributed by atoms with Gasteiger partial charge in [-0.15, -0.1) is 0 Å². The highest BCUT2D eigenvalue weighted by Crippen LogP contribution is 2.31. The Labute approximate surface area is 157 Å². The Balaban J connectivity index is 1.91. The van der Waals surface area contributed by atoms with E-state index in [1.54, 1.807) is 18.2 Å². The van der Waals surface area contributed by atoms with E-state index in [1.165, 1.54) is 18.6 Å². The van der Waals surface area contributed by atoms with Crippen LogP contribution >= 0.6 is 0 Å². The topological polar surface area (TPSA) is 118 Å². The SMILES string of the molecule is CN(C)c1cccc2c(S(=O)(=O)OC(=O)[C@@H](N)Cc3cnc[nH]3)cccc12. The summed E-state index contributed by atoms with van der Waals surface area (Å²) in [6.45, 7) is 0. The number of H-pyrrole nitrogens is 1. The second-order valence-corrected chi connectivity index (χ2v) is 7.78. The molecule has 27 heavy (non-hydrogen) atoms. The minimum Gasteiger partial charge on any atom is -0.377 e. The predicted octanol–water partition coefficient (Wildman–Crippen LogP) is 1.43. The van der Waals surface area contributed by atoms with Crippen LogP contribution in [0.4, 0.5) is 5.69 Å². The molecule has 8 nitrogen and oxygen atoms in total. The first-order valence-electron chi connectivity index (χ1n) is 8.20. The van der Waals surface area contributed by atoms with Crippen molar-refractivity contribution in [2.45, 2.75) is 17.4 Å². The first kappa shape index (κ1) is 18.9. The molecule has 1 heterocycles. The Morgan fingerprint density at radius 2 is 1.93 bits per heavy atom. The average molecular weight is 388 g/mol. The minimum atomic E-state index is -4.33. The number of imidazole rings is 1. The van der Waals surface area contributed by atoms with Gasteiger partial charge in [0, 0.05) is 48.9 Å². The van der Waals surface area contributed by atoms with E-state index in [2.05, 4.69) is 9.97 Å². The zero-order valence-corrected chi connectivity index (χ0v) is 15.7. The Morgan fingerprint density at radius 3 is 2.59 bits per heavy atom. The van der Waals surface area contributed by atoms with Crippen molar-refractivity contribution in [2.75, 3.05) is 19.0 Å². The van der Waals surface area contributed by atoms with Crippen LogP contribution in [0.1, 0.15) is 5.69 Å². The van der Waals surface area contributed by atoms with Crippen molar-refractivity contribution < 1.29 is 17.4 Å². The summed E-state index contributed by atoms with van der Waals surface area (Å²) < 4.78 is 30.2. The van der Waals surface area contributed by atoms with E-state index in [9.17, 15) is 13.2 Å². The van der Waals surface area contributed by atoms with Crippen molar-refractivity contribution in [1.29, 1.82) is 0 Å². The molecule has 0 aliphatic rings. The highest BCUT2D eigenvalue weighted by molar-refractivity contribution is 7.87. The van der Waals surface area contributed by atoms with Crippen LogP contribution in [0.25, 0.3) is 10.8 Å². The molecule has 0 aliphatic carbocycles. The summed E-state index contributed by atoms with van der Waals surface area (Å²) in [4.78, 5) is 20.6. The minimum absolute atomic E-state index is 0.0780. The molecule has 0 saturated carbocycles. The number of carbonyl (C=O) groups is 1. The molecule has 0 spiro atoms. The number of hydrogen-bond acceptors (Lipinski definition) is 7. The molecular weight excluding hydrogens is 368 g/mol. The number of rotatable bonds is 6. The number of nitrogens with zero attached hydrogens (tertiary/aromatic N) is 2. The number of nitrogens with two attached hydrogens (primary N) is 1. The summed E-state index contributed by atoms with van der Waals surface area (Å²) >= 11 is 0. The number of nitrogens with one attached hydrogen (secondary N) is 1. The largest absolute Gasteiger partial charge is 0.377 e. The van der Waals surface area contributed by atoms with E-state index in [4.69, 9.17) is 9.92 Å². The second-order valence-electron chi connectivity index (χ2n) is 6.27. The Bertz CT molecular complexity index is 1060. The Morgan fingerprint density at radius 1 is 1.22 bits per heavy atom. The summed E-state index contributed by atoms with van der Waals surface area (Å²) in [5.41, 5.74) is 7.24. The maximum atomic E-state index is 12.7. The summed E-state index contributed by atoms with van der Waals surface area (Å²) in [5, 5.41) is 1.21. The Hall–Kier alpha value is -2.91. The zero-order valence-electron chi connectivity index (χ0n) is 14.9. The predicted molar refractivity (Wildman–Crippen MR) is 102 cm³/mol. The van der Waals surface area contributed by atoms with Gasteiger partial charge in [0.05, 0.1) is 6.33 Å². The molecule has 3 N–H and O–H groups in total. The van der Waals surface area contributed by atoms with Crippen LogP contribution in [-0.4, -0.2) is 44.5 Å². The molecule has 0 fully saturated rings. The molecule has 0 unspecified atom stereocenters. The highest BCUT2D eigenvalue weighted by atomic mass is 32.2. The molecule has 0 bridgehead atoms. The first-order valence-corrected chi connectivity index (χ1v) is 9.60. The standard InChI is InChI=1S/C18H20N4O4S/c1-22(2)16-7-3-6-14-13(16)5-4-8-17(14)27(24,25)26-18(23)15(19)9-12-10-20-11-21-12/h3-8,10-11,15H,9,19H2,1-2H3,(H,20,21)/t15-/m0/s1. The van der Waals surface area contributed by atoms with Gasteiger partial charge in [0.1, 0.15) is 10.9 Å². The first-order chi connectivity index (χ1) is 12.8. The molecule has 9 heteroatoms. The fourth-order valence-electron chi connectivity index (χ4n) is 2.80. The molecule has 1 aromatic heterocycles. The van der Waals surface area contributed by atoms with Crippen LogP contribution in [0, 0.1) is 0 Å². The van der Waals surface area contributed by atoms with Crippen molar-refractivity contribution >= 4 is 32.5 Å².